The van der Waals surface area contributed by atoms with Crippen molar-refractivity contribution in [2.75, 3.05) is 11.4 Å². The second-order valence-corrected chi connectivity index (χ2v) is 10.4. The first-order valence-electron chi connectivity index (χ1n) is 12.6. The number of fused-ring (bicyclic) bond motifs is 1. The summed E-state index contributed by atoms with van der Waals surface area (Å²) >= 11 is 0. The van der Waals surface area contributed by atoms with Gasteiger partial charge in [0.15, 0.2) is 11.5 Å². The largest absolute Gasteiger partial charge is 0.348 e. The molecule has 3 aromatic heterocycles. The number of amides is 2. The van der Waals surface area contributed by atoms with Crippen LogP contribution < -0.4 is 10.2 Å². The van der Waals surface area contributed by atoms with Crippen LogP contribution in [0.5, 0.6) is 0 Å². The molecule has 188 valence electrons. The van der Waals surface area contributed by atoms with Crippen LogP contribution in [0.15, 0.2) is 24.5 Å². The molecule has 6 rings (SSSR count). The number of carbonyl (C=O) groups excluding carboxylic acids is 2. The smallest absolute Gasteiger partial charge is 0.273 e. The molecule has 3 fully saturated rings. The second kappa shape index (κ2) is 8.73. The van der Waals surface area contributed by atoms with E-state index in [1.54, 1.807) is 28.0 Å². The quantitative estimate of drug-likeness (QED) is 0.546. The van der Waals surface area contributed by atoms with E-state index < -0.39 is 0 Å². The molecule has 0 spiro atoms. The number of rotatable bonds is 6. The number of anilines is 1. The Morgan fingerprint density at radius 1 is 1.22 bits per heavy atom. The van der Waals surface area contributed by atoms with Crippen LogP contribution in [-0.2, 0) is 4.79 Å². The Kier molecular flexibility index (Phi) is 5.47. The van der Waals surface area contributed by atoms with Gasteiger partial charge in [0.05, 0.1) is 41.1 Å². The standard InChI is InChI=1S/C26H27N9O2/c1-13-4-5-16(9-27)23(29-13)17-6-19(7-17)31-25(36)22-12-35(33-32-22)15(3)21-10-28-24(14(2)30-21)34-11-18-8-20(18)26(34)37/h4-5,10,12,15,17-20H,6-8,11H2,1-3H3,(H,31,36)/t15?,17-,18-,19+,20-/m1/s1. The number of aromatic nitrogens is 6. The van der Waals surface area contributed by atoms with Gasteiger partial charge in [-0.1, -0.05) is 5.21 Å². The molecular formula is C26H27N9O2. The average Bonchev–Trinajstić information content (AvgIpc) is 3.32. The van der Waals surface area contributed by atoms with E-state index in [1.165, 1.54) is 0 Å². The average molecular weight is 498 g/mol. The molecule has 0 aromatic carbocycles. The molecule has 1 aliphatic heterocycles. The molecule has 2 amide bonds. The lowest BCUT2D eigenvalue weighted by Crippen LogP contribution is -2.43. The van der Waals surface area contributed by atoms with Crippen molar-refractivity contribution in [2.45, 2.75) is 58.0 Å². The third kappa shape index (κ3) is 4.12. The number of hydrogen-bond donors (Lipinski definition) is 1. The number of nitrogens with zero attached hydrogens (tertiary/aromatic N) is 8. The van der Waals surface area contributed by atoms with Crippen molar-refractivity contribution in [1.29, 1.82) is 5.26 Å². The van der Waals surface area contributed by atoms with Crippen molar-refractivity contribution in [1.82, 2.24) is 35.3 Å². The molecule has 1 saturated heterocycles. The van der Waals surface area contributed by atoms with E-state index in [9.17, 15) is 14.9 Å². The molecule has 3 aromatic rings. The third-order valence-corrected chi connectivity index (χ3v) is 7.73. The van der Waals surface area contributed by atoms with Gasteiger partial charge in [0.2, 0.25) is 5.91 Å². The Balaban J connectivity index is 1.08. The number of aryl methyl sites for hydroxylation is 2. The predicted octanol–water partition coefficient (Wildman–Crippen LogP) is 2.22. The summed E-state index contributed by atoms with van der Waals surface area (Å²) in [5, 5.41) is 20.6. The van der Waals surface area contributed by atoms with Gasteiger partial charge in [-0.05, 0) is 58.1 Å². The highest BCUT2D eigenvalue weighted by Gasteiger charge is 2.53. The molecule has 3 aliphatic rings. The molecule has 11 nitrogen and oxygen atoms in total. The SMILES string of the molecule is Cc1ccc(C#N)c([C@H]2C[C@@H](NC(=O)c3cn(C(C)c4cnc(N5C[C@H]6C[C@H]6C5=O)c(C)n4)nn3)C2)n1. The Hall–Kier alpha value is -4.20. The molecule has 2 saturated carbocycles. The van der Waals surface area contributed by atoms with Gasteiger partial charge in [0.25, 0.3) is 5.91 Å². The van der Waals surface area contributed by atoms with Crippen molar-refractivity contribution < 1.29 is 9.59 Å². The normalized spacial score (nSPS) is 24.7. The minimum absolute atomic E-state index is 0.00526. The number of piperidine rings is 1. The van der Waals surface area contributed by atoms with Crippen LogP contribution in [0.4, 0.5) is 5.82 Å². The number of pyridine rings is 1. The van der Waals surface area contributed by atoms with E-state index >= 15 is 0 Å². The van der Waals surface area contributed by atoms with Gasteiger partial charge in [-0.2, -0.15) is 5.26 Å². The lowest BCUT2D eigenvalue weighted by Gasteiger charge is -2.35. The number of carbonyl (C=O) groups is 2. The molecule has 11 heteroatoms. The van der Waals surface area contributed by atoms with E-state index in [4.69, 9.17) is 0 Å². The summed E-state index contributed by atoms with van der Waals surface area (Å²) in [7, 11) is 0. The van der Waals surface area contributed by atoms with Gasteiger partial charge in [-0.15, -0.1) is 5.10 Å². The van der Waals surface area contributed by atoms with Crippen LogP contribution in [0, 0.1) is 37.0 Å². The van der Waals surface area contributed by atoms with Crippen LogP contribution in [-0.4, -0.2) is 54.3 Å². The maximum absolute atomic E-state index is 12.8. The Morgan fingerprint density at radius 2 is 2.03 bits per heavy atom. The van der Waals surface area contributed by atoms with E-state index in [-0.39, 0.29) is 41.4 Å². The third-order valence-electron chi connectivity index (χ3n) is 7.73. The van der Waals surface area contributed by atoms with Crippen molar-refractivity contribution >= 4 is 17.6 Å². The topological polar surface area (TPSA) is 143 Å². The highest BCUT2D eigenvalue weighted by molar-refractivity contribution is 5.99. The monoisotopic (exact) mass is 497 g/mol. The van der Waals surface area contributed by atoms with Crippen LogP contribution in [0.3, 0.4) is 0 Å². The molecule has 4 heterocycles. The molecule has 0 radical (unpaired) electrons. The van der Waals surface area contributed by atoms with Gasteiger partial charge in [-0.3, -0.25) is 24.5 Å². The number of nitriles is 1. The highest BCUT2D eigenvalue weighted by atomic mass is 16.2. The fourth-order valence-electron chi connectivity index (χ4n) is 5.33. The summed E-state index contributed by atoms with van der Waals surface area (Å²) in [6.45, 7) is 6.39. The zero-order chi connectivity index (χ0) is 25.8. The van der Waals surface area contributed by atoms with E-state index in [2.05, 4.69) is 36.7 Å². The molecule has 2 aliphatic carbocycles. The minimum atomic E-state index is -0.290. The van der Waals surface area contributed by atoms with Crippen LogP contribution in [0.1, 0.15) is 77.0 Å². The van der Waals surface area contributed by atoms with Gasteiger partial charge < -0.3 is 5.32 Å². The first-order chi connectivity index (χ1) is 17.8. The maximum Gasteiger partial charge on any atom is 0.273 e. The van der Waals surface area contributed by atoms with Crippen molar-refractivity contribution in [3.8, 4) is 6.07 Å². The number of nitrogens with one attached hydrogen (secondary N) is 1. The van der Waals surface area contributed by atoms with Gasteiger partial charge in [-0.25, -0.2) is 9.67 Å². The minimum Gasteiger partial charge on any atom is -0.348 e. The molecule has 1 N–H and O–H groups in total. The Labute approximate surface area is 213 Å². The van der Waals surface area contributed by atoms with Crippen LogP contribution in [0.2, 0.25) is 0 Å². The zero-order valence-electron chi connectivity index (χ0n) is 20.9. The van der Waals surface area contributed by atoms with Gasteiger partial charge in [0, 0.05) is 30.1 Å². The predicted molar refractivity (Wildman–Crippen MR) is 131 cm³/mol. The molecule has 1 unspecified atom stereocenters. The van der Waals surface area contributed by atoms with Gasteiger partial charge >= 0.3 is 0 Å². The van der Waals surface area contributed by atoms with E-state index in [0.717, 1.165) is 37.2 Å². The lowest BCUT2D eigenvalue weighted by molar-refractivity contribution is -0.118. The van der Waals surface area contributed by atoms with E-state index in [0.29, 0.717) is 28.7 Å². The van der Waals surface area contributed by atoms with Gasteiger partial charge in [0.1, 0.15) is 6.07 Å². The summed E-state index contributed by atoms with van der Waals surface area (Å²) in [6.07, 6.45) is 5.71. The van der Waals surface area contributed by atoms with Crippen LogP contribution in [0.25, 0.3) is 0 Å². The molecule has 0 bridgehead atoms. The maximum atomic E-state index is 12.8. The highest BCUT2D eigenvalue weighted by Crippen LogP contribution is 2.47. The molecular weight excluding hydrogens is 470 g/mol. The molecule has 37 heavy (non-hydrogen) atoms. The van der Waals surface area contributed by atoms with Crippen molar-refractivity contribution in [2.24, 2.45) is 11.8 Å². The lowest BCUT2D eigenvalue weighted by atomic mass is 9.76. The summed E-state index contributed by atoms with van der Waals surface area (Å²) in [6, 6.07) is 5.55. The van der Waals surface area contributed by atoms with Crippen LogP contribution >= 0.6 is 0 Å². The summed E-state index contributed by atoms with van der Waals surface area (Å²) in [5.41, 5.74) is 3.87. The second-order valence-electron chi connectivity index (χ2n) is 10.4. The van der Waals surface area contributed by atoms with Crippen molar-refractivity contribution in [3.63, 3.8) is 0 Å². The first-order valence-corrected chi connectivity index (χ1v) is 12.6. The summed E-state index contributed by atoms with van der Waals surface area (Å²) in [5.74, 6) is 1.26. The Morgan fingerprint density at radius 3 is 2.73 bits per heavy atom. The molecule has 3 atom stereocenters. The fourth-order valence-corrected chi connectivity index (χ4v) is 5.33. The summed E-state index contributed by atoms with van der Waals surface area (Å²) in [4.78, 5) is 40.7. The zero-order valence-corrected chi connectivity index (χ0v) is 20.9. The fraction of sp³-hybridized carbons (Fsp3) is 0.462. The first kappa shape index (κ1) is 23.2. The van der Waals surface area contributed by atoms with E-state index in [1.807, 2.05) is 26.8 Å². The number of hydrogen-bond acceptors (Lipinski definition) is 8. The van der Waals surface area contributed by atoms with Crippen molar-refractivity contribution in [3.05, 3.63) is 58.6 Å². The Bertz CT molecular complexity index is 1450. The summed E-state index contributed by atoms with van der Waals surface area (Å²) < 4.78 is 1.59.